The minimum absolute atomic E-state index is 0.00415. The van der Waals surface area contributed by atoms with Crippen molar-refractivity contribution in [1.29, 1.82) is 0 Å². The highest BCUT2D eigenvalue weighted by Crippen LogP contribution is 2.17. The standard InChI is InChI=1S/C21H18ClN3O2/c1-14(26)16-3-2-4-18(11-16)25-19-9-10-20(23-13-19)21(27)24-12-15-5-7-17(22)8-6-15/h2-11,13,25H,12H2,1H3,(H,24,27). The molecule has 5 nitrogen and oxygen atoms in total. The van der Waals surface area contributed by atoms with E-state index in [1.165, 1.54) is 6.92 Å². The molecule has 1 aromatic heterocycles. The molecule has 0 bridgehead atoms. The molecule has 136 valence electrons. The lowest BCUT2D eigenvalue weighted by Gasteiger charge is -2.09. The summed E-state index contributed by atoms with van der Waals surface area (Å²) < 4.78 is 0. The summed E-state index contributed by atoms with van der Waals surface area (Å²) in [6.07, 6.45) is 1.58. The summed E-state index contributed by atoms with van der Waals surface area (Å²) in [6, 6.07) is 17.9. The van der Waals surface area contributed by atoms with Crippen molar-refractivity contribution in [2.75, 3.05) is 5.32 Å². The summed E-state index contributed by atoms with van der Waals surface area (Å²) in [5, 5.41) is 6.65. The Labute approximate surface area is 162 Å². The first-order valence-electron chi connectivity index (χ1n) is 8.38. The quantitative estimate of drug-likeness (QED) is 0.613. The molecule has 0 fully saturated rings. The average molecular weight is 380 g/mol. The van der Waals surface area contributed by atoms with Crippen LogP contribution in [0.1, 0.15) is 33.3 Å². The fraction of sp³-hybridized carbons (Fsp3) is 0.0952. The Hall–Kier alpha value is -3.18. The van der Waals surface area contributed by atoms with Gasteiger partial charge in [-0.25, -0.2) is 4.98 Å². The number of pyridine rings is 1. The summed E-state index contributed by atoms with van der Waals surface area (Å²) in [4.78, 5) is 27.9. The molecule has 1 amide bonds. The SMILES string of the molecule is CC(=O)c1cccc(Nc2ccc(C(=O)NCc3ccc(Cl)cc3)nc2)c1. The second-order valence-corrected chi connectivity index (χ2v) is 6.44. The van der Waals surface area contributed by atoms with E-state index in [0.29, 0.717) is 22.8 Å². The maximum absolute atomic E-state index is 12.2. The van der Waals surface area contributed by atoms with Crippen molar-refractivity contribution in [1.82, 2.24) is 10.3 Å². The van der Waals surface area contributed by atoms with E-state index in [1.54, 1.807) is 42.6 Å². The molecule has 2 aromatic carbocycles. The Kier molecular flexibility index (Phi) is 5.84. The van der Waals surface area contributed by atoms with Crippen molar-refractivity contribution < 1.29 is 9.59 Å². The van der Waals surface area contributed by atoms with Crippen LogP contribution in [0.3, 0.4) is 0 Å². The van der Waals surface area contributed by atoms with Crippen LogP contribution in [0.4, 0.5) is 11.4 Å². The molecule has 0 spiro atoms. The van der Waals surface area contributed by atoms with Crippen LogP contribution >= 0.6 is 11.6 Å². The molecule has 6 heteroatoms. The van der Waals surface area contributed by atoms with Crippen LogP contribution in [-0.4, -0.2) is 16.7 Å². The second kappa shape index (κ2) is 8.47. The molecule has 3 aromatic rings. The van der Waals surface area contributed by atoms with E-state index in [2.05, 4.69) is 15.6 Å². The monoisotopic (exact) mass is 379 g/mol. The normalized spacial score (nSPS) is 10.3. The number of hydrogen-bond donors (Lipinski definition) is 2. The molecule has 0 aliphatic heterocycles. The number of Topliss-reactive ketones (excluding diaryl/α,β-unsaturated/α-hetero) is 1. The van der Waals surface area contributed by atoms with Crippen molar-refractivity contribution >= 4 is 34.7 Å². The number of benzene rings is 2. The number of ketones is 1. The van der Waals surface area contributed by atoms with Crippen LogP contribution in [0.5, 0.6) is 0 Å². The van der Waals surface area contributed by atoms with Crippen LogP contribution in [-0.2, 0) is 6.54 Å². The van der Waals surface area contributed by atoms with Crippen molar-refractivity contribution in [3.05, 3.63) is 88.7 Å². The molecular weight excluding hydrogens is 362 g/mol. The van der Waals surface area contributed by atoms with Gasteiger partial charge in [0.25, 0.3) is 5.91 Å². The number of carbonyl (C=O) groups excluding carboxylic acids is 2. The Morgan fingerprint density at radius 2 is 1.78 bits per heavy atom. The third kappa shape index (κ3) is 5.15. The zero-order valence-electron chi connectivity index (χ0n) is 14.7. The van der Waals surface area contributed by atoms with Crippen molar-refractivity contribution in [2.45, 2.75) is 13.5 Å². The number of anilines is 2. The second-order valence-electron chi connectivity index (χ2n) is 6.00. The van der Waals surface area contributed by atoms with Gasteiger partial charge in [0.1, 0.15) is 5.69 Å². The molecule has 0 saturated heterocycles. The Morgan fingerprint density at radius 1 is 1.00 bits per heavy atom. The first-order valence-corrected chi connectivity index (χ1v) is 8.76. The molecule has 0 radical (unpaired) electrons. The number of carbonyl (C=O) groups is 2. The van der Waals surface area contributed by atoms with Gasteiger partial charge < -0.3 is 10.6 Å². The molecule has 2 N–H and O–H groups in total. The molecule has 1 heterocycles. The van der Waals surface area contributed by atoms with E-state index in [1.807, 2.05) is 24.3 Å². The van der Waals surface area contributed by atoms with Gasteiger partial charge in [-0.1, -0.05) is 35.9 Å². The Bertz CT molecular complexity index is 954. The van der Waals surface area contributed by atoms with Crippen LogP contribution in [0, 0.1) is 0 Å². The predicted molar refractivity (Wildman–Crippen MR) is 107 cm³/mol. The van der Waals surface area contributed by atoms with Crippen LogP contribution in [0.15, 0.2) is 66.9 Å². The van der Waals surface area contributed by atoms with Gasteiger partial charge >= 0.3 is 0 Å². The maximum atomic E-state index is 12.2. The molecule has 0 aliphatic rings. The summed E-state index contributed by atoms with van der Waals surface area (Å²) in [5.74, 6) is -0.250. The fourth-order valence-corrected chi connectivity index (χ4v) is 2.59. The predicted octanol–water partition coefficient (Wildman–Crippen LogP) is 4.61. The highest BCUT2D eigenvalue weighted by atomic mass is 35.5. The van der Waals surface area contributed by atoms with Crippen molar-refractivity contribution in [3.63, 3.8) is 0 Å². The highest BCUT2D eigenvalue weighted by Gasteiger charge is 2.07. The number of amides is 1. The lowest BCUT2D eigenvalue weighted by Crippen LogP contribution is -2.23. The number of nitrogens with zero attached hydrogens (tertiary/aromatic N) is 1. The van der Waals surface area contributed by atoms with E-state index in [-0.39, 0.29) is 11.7 Å². The van der Waals surface area contributed by atoms with E-state index in [4.69, 9.17) is 11.6 Å². The van der Waals surface area contributed by atoms with E-state index < -0.39 is 0 Å². The van der Waals surface area contributed by atoms with Crippen LogP contribution < -0.4 is 10.6 Å². The minimum Gasteiger partial charge on any atom is -0.354 e. The summed E-state index contributed by atoms with van der Waals surface area (Å²) in [6.45, 7) is 1.92. The van der Waals surface area contributed by atoms with Gasteiger partial charge in [0.2, 0.25) is 0 Å². The molecule has 0 atom stereocenters. The Morgan fingerprint density at radius 3 is 2.44 bits per heavy atom. The van der Waals surface area contributed by atoms with Gasteiger partial charge in [-0.05, 0) is 48.9 Å². The summed E-state index contributed by atoms with van der Waals surface area (Å²) in [7, 11) is 0. The van der Waals surface area contributed by atoms with Crippen LogP contribution in [0.25, 0.3) is 0 Å². The smallest absolute Gasteiger partial charge is 0.270 e. The van der Waals surface area contributed by atoms with Gasteiger partial charge in [0, 0.05) is 22.8 Å². The van der Waals surface area contributed by atoms with Gasteiger partial charge in [-0.3, -0.25) is 9.59 Å². The molecule has 0 aliphatic carbocycles. The number of rotatable bonds is 6. The summed E-state index contributed by atoms with van der Waals surface area (Å²) in [5.41, 5.74) is 3.42. The van der Waals surface area contributed by atoms with Crippen molar-refractivity contribution in [3.8, 4) is 0 Å². The first kappa shape index (κ1) is 18.6. The van der Waals surface area contributed by atoms with E-state index >= 15 is 0 Å². The van der Waals surface area contributed by atoms with Gasteiger partial charge in [0.15, 0.2) is 5.78 Å². The third-order valence-corrected chi connectivity index (χ3v) is 4.17. The zero-order valence-corrected chi connectivity index (χ0v) is 15.5. The van der Waals surface area contributed by atoms with Gasteiger partial charge in [-0.2, -0.15) is 0 Å². The number of halogens is 1. The minimum atomic E-state index is -0.255. The van der Waals surface area contributed by atoms with Gasteiger partial charge in [-0.15, -0.1) is 0 Å². The summed E-state index contributed by atoms with van der Waals surface area (Å²) >= 11 is 5.85. The molecule has 0 saturated carbocycles. The topological polar surface area (TPSA) is 71.1 Å². The average Bonchev–Trinajstić information content (AvgIpc) is 2.68. The first-order chi connectivity index (χ1) is 13.0. The highest BCUT2D eigenvalue weighted by molar-refractivity contribution is 6.30. The number of nitrogens with one attached hydrogen (secondary N) is 2. The molecular formula is C21H18ClN3O2. The largest absolute Gasteiger partial charge is 0.354 e. The number of aromatic nitrogens is 1. The van der Waals surface area contributed by atoms with E-state index in [0.717, 1.165) is 16.9 Å². The van der Waals surface area contributed by atoms with Gasteiger partial charge in [0.05, 0.1) is 11.9 Å². The van der Waals surface area contributed by atoms with Crippen LogP contribution in [0.2, 0.25) is 5.02 Å². The lowest BCUT2D eigenvalue weighted by atomic mass is 10.1. The van der Waals surface area contributed by atoms with Crippen molar-refractivity contribution in [2.24, 2.45) is 0 Å². The molecule has 0 unspecified atom stereocenters. The molecule has 3 rings (SSSR count). The molecule has 27 heavy (non-hydrogen) atoms. The number of hydrogen-bond acceptors (Lipinski definition) is 4. The lowest BCUT2D eigenvalue weighted by molar-refractivity contribution is 0.0945. The fourth-order valence-electron chi connectivity index (χ4n) is 2.46. The Balaban J connectivity index is 1.61. The van der Waals surface area contributed by atoms with E-state index in [9.17, 15) is 9.59 Å². The maximum Gasteiger partial charge on any atom is 0.270 e. The third-order valence-electron chi connectivity index (χ3n) is 3.92. The zero-order chi connectivity index (χ0) is 19.2.